The van der Waals surface area contributed by atoms with E-state index in [2.05, 4.69) is 97.5 Å². The second kappa shape index (κ2) is 6.65. The van der Waals surface area contributed by atoms with Crippen molar-refractivity contribution in [3.63, 3.8) is 0 Å². The van der Waals surface area contributed by atoms with Crippen LogP contribution in [0.4, 0.5) is 5.69 Å². The number of halogens is 1. The summed E-state index contributed by atoms with van der Waals surface area (Å²) in [6.45, 7) is 9.01. The third-order valence-corrected chi connectivity index (χ3v) is 4.12. The zero-order valence-electron chi connectivity index (χ0n) is 13.3. The Morgan fingerprint density at radius 2 is 1.62 bits per heavy atom. The minimum atomic E-state index is 0.154. The third-order valence-electron chi connectivity index (χ3n) is 3.59. The maximum Gasteiger partial charge on any atom is 0.0380 e. The Hall–Kier alpha value is -1.28. The fourth-order valence-electron chi connectivity index (χ4n) is 2.55. The highest BCUT2D eigenvalue weighted by atomic mass is 79.9. The van der Waals surface area contributed by atoms with Crippen LogP contribution in [0.2, 0.25) is 0 Å². The Morgan fingerprint density at radius 1 is 1.00 bits per heavy atom. The third kappa shape index (κ3) is 4.60. The topological polar surface area (TPSA) is 12.0 Å². The van der Waals surface area contributed by atoms with Crippen molar-refractivity contribution in [2.45, 2.75) is 45.6 Å². The molecule has 0 bridgehead atoms. The second-order valence-electron chi connectivity index (χ2n) is 6.67. The summed E-state index contributed by atoms with van der Waals surface area (Å²) in [7, 11) is 0. The van der Waals surface area contributed by atoms with Crippen LogP contribution in [0.5, 0.6) is 0 Å². The van der Waals surface area contributed by atoms with E-state index in [4.69, 9.17) is 0 Å². The molecule has 2 aromatic carbocycles. The molecule has 1 unspecified atom stereocenters. The number of nitrogens with one attached hydrogen (secondary N) is 1. The van der Waals surface area contributed by atoms with Crippen molar-refractivity contribution < 1.29 is 0 Å². The molecular formula is C19H24BrN. The molecule has 1 atom stereocenters. The van der Waals surface area contributed by atoms with Crippen LogP contribution in [-0.4, -0.2) is 6.04 Å². The molecule has 1 N–H and O–H groups in total. The molecule has 0 fully saturated rings. The fraction of sp³-hybridized carbons (Fsp3) is 0.368. The quantitative estimate of drug-likeness (QED) is 0.739. The zero-order valence-corrected chi connectivity index (χ0v) is 14.9. The average Bonchev–Trinajstić information content (AvgIpc) is 2.41. The molecule has 112 valence electrons. The van der Waals surface area contributed by atoms with E-state index in [1.54, 1.807) is 0 Å². The van der Waals surface area contributed by atoms with Gasteiger partial charge in [-0.25, -0.2) is 0 Å². The van der Waals surface area contributed by atoms with E-state index >= 15 is 0 Å². The molecule has 21 heavy (non-hydrogen) atoms. The van der Waals surface area contributed by atoms with E-state index in [9.17, 15) is 0 Å². The number of hydrogen-bond acceptors (Lipinski definition) is 1. The van der Waals surface area contributed by atoms with Gasteiger partial charge in [0.05, 0.1) is 0 Å². The van der Waals surface area contributed by atoms with Crippen molar-refractivity contribution >= 4 is 21.6 Å². The zero-order chi connectivity index (χ0) is 15.5. The molecule has 0 heterocycles. The van der Waals surface area contributed by atoms with Gasteiger partial charge >= 0.3 is 0 Å². The van der Waals surface area contributed by atoms with Crippen LogP contribution in [0.15, 0.2) is 53.0 Å². The lowest BCUT2D eigenvalue weighted by molar-refractivity contribution is 0.590. The van der Waals surface area contributed by atoms with Crippen molar-refractivity contribution in [1.82, 2.24) is 0 Å². The lowest BCUT2D eigenvalue weighted by atomic mass is 9.85. The number of para-hydroxylation sites is 1. The molecule has 0 aliphatic carbocycles. The molecule has 0 amide bonds. The normalized spacial score (nSPS) is 13.0. The summed E-state index contributed by atoms with van der Waals surface area (Å²) in [4.78, 5) is 0. The molecule has 0 radical (unpaired) electrons. The number of anilines is 1. The van der Waals surface area contributed by atoms with E-state index < -0.39 is 0 Å². The predicted octanol–water partition coefficient (Wildman–Crippen LogP) is 5.79. The summed E-state index contributed by atoms with van der Waals surface area (Å²) in [6.07, 6.45) is 1.02. The number of hydrogen-bond donors (Lipinski definition) is 1. The highest BCUT2D eigenvalue weighted by molar-refractivity contribution is 9.10. The van der Waals surface area contributed by atoms with Crippen LogP contribution in [0.25, 0.3) is 0 Å². The first kappa shape index (κ1) is 16.1. The molecule has 1 nitrogen and oxygen atoms in total. The minimum Gasteiger partial charge on any atom is -0.382 e. The van der Waals surface area contributed by atoms with Crippen molar-refractivity contribution in [2.75, 3.05) is 5.32 Å². The molecule has 2 heteroatoms. The van der Waals surface area contributed by atoms with Crippen molar-refractivity contribution in [3.8, 4) is 0 Å². The van der Waals surface area contributed by atoms with E-state index in [-0.39, 0.29) is 5.41 Å². The molecule has 0 aliphatic rings. The van der Waals surface area contributed by atoms with Gasteiger partial charge in [-0.15, -0.1) is 0 Å². The Labute approximate surface area is 136 Å². The molecule has 0 saturated heterocycles. The van der Waals surface area contributed by atoms with Crippen LogP contribution in [0.3, 0.4) is 0 Å². The van der Waals surface area contributed by atoms with Gasteiger partial charge in [0.1, 0.15) is 0 Å². The summed E-state index contributed by atoms with van der Waals surface area (Å²) < 4.78 is 1.13. The number of benzene rings is 2. The van der Waals surface area contributed by atoms with Crippen molar-refractivity contribution in [3.05, 3.63) is 64.1 Å². The first-order valence-corrected chi connectivity index (χ1v) is 8.26. The summed E-state index contributed by atoms with van der Waals surface area (Å²) >= 11 is 3.48. The average molecular weight is 346 g/mol. The summed E-state index contributed by atoms with van der Waals surface area (Å²) in [5.41, 5.74) is 4.12. The highest BCUT2D eigenvalue weighted by Gasteiger charge is 2.18. The molecular weight excluding hydrogens is 322 g/mol. The Kier molecular flexibility index (Phi) is 5.10. The molecule has 0 aromatic heterocycles. The molecule has 2 rings (SSSR count). The van der Waals surface area contributed by atoms with E-state index in [1.807, 2.05) is 0 Å². The smallest absolute Gasteiger partial charge is 0.0380 e. The minimum absolute atomic E-state index is 0.154. The molecule has 0 saturated carbocycles. The van der Waals surface area contributed by atoms with Gasteiger partial charge in [0.25, 0.3) is 0 Å². The SMILES string of the molecule is CC(Cc1ccc(Br)cc1)Nc1ccccc1C(C)(C)C. The summed E-state index contributed by atoms with van der Waals surface area (Å²) in [5, 5.41) is 3.67. The highest BCUT2D eigenvalue weighted by Crippen LogP contribution is 2.29. The second-order valence-corrected chi connectivity index (χ2v) is 7.59. The van der Waals surface area contributed by atoms with Gasteiger partial charge in [-0.05, 0) is 48.1 Å². The lowest BCUT2D eigenvalue weighted by Crippen LogP contribution is -2.22. The van der Waals surface area contributed by atoms with Crippen LogP contribution >= 0.6 is 15.9 Å². The van der Waals surface area contributed by atoms with Gasteiger partial charge in [-0.1, -0.05) is 67.0 Å². The van der Waals surface area contributed by atoms with Gasteiger partial charge in [-0.3, -0.25) is 0 Å². The molecule has 2 aromatic rings. The van der Waals surface area contributed by atoms with Gasteiger partial charge in [0.15, 0.2) is 0 Å². The van der Waals surface area contributed by atoms with Gasteiger partial charge in [0.2, 0.25) is 0 Å². The Balaban J connectivity index is 2.09. The Bertz CT molecular complexity index is 581. The van der Waals surface area contributed by atoms with E-state index in [0.29, 0.717) is 6.04 Å². The van der Waals surface area contributed by atoms with Gasteiger partial charge in [0, 0.05) is 16.2 Å². The standard InChI is InChI=1S/C19H24BrN/c1-14(13-15-9-11-16(20)12-10-15)21-18-8-6-5-7-17(18)19(2,3)4/h5-12,14,21H,13H2,1-4H3. The van der Waals surface area contributed by atoms with E-state index in [1.165, 1.54) is 16.8 Å². The predicted molar refractivity (Wildman–Crippen MR) is 96.1 cm³/mol. The Morgan fingerprint density at radius 3 is 2.24 bits per heavy atom. The largest absolute Gasteiger partial charge is 0.382 e. The lowest BCUT2D eigenvalue weighted by Gasteiger charge is -2.25. The molecule has 0 spiro atoms. The number of rotatable bonds is 4. The van der Waals surface area contributed by atoms with E-state index in [0.717, 1.165) is 10.9 Å². The maximum atomic E-state index is 3.67. The van der Waals surface area contributed by atoms with Crippen LogP contribution in [0.1, 0.15) is 38.8 Å². The van der Waals surface area contributed by atoms with Crippen LogP contribution in [0, 0.1) is 0 Å². The van der Waals surface area contributed by atoms with Crippen molar-refractivity contribution in [2.24, 2.45) is 0 Å². The summed E-state index contributed by atoms with van der Waals surface area (Å²) in [5.74, 6) is 0. The van der Waals surface area contributed by atoms with Crippen molar-refractivity contribution in [1.29, 1.82) is 0 Å². The molecule has 0 aliphatic heterocycles. The van der Waals surface area contributed by atoms with Gasteiger partial charge < -0.3 is 5.32 Å². The fourth-order valence-corrected chi connectivity index (χ4v) is 2.82. The van der Waals surface area contributed by atoms with Crippen LogP contribution < -0.4 is 5.32 Å². The monoisotopic (exact) mass is 345 g/mol. The maximum absolute atomic E-state index is 3.67. The first-order valence-electron chi connectivity index (χ1n) is 7.47. The van der Waals surface area contributed by atoms with Crippen LogP contribution in [-0.2, 0) is 11.8 Å². The summed E-state index contributed by atoms with van der Waals surface area (Å²) in [6, 6.07) is 17.6. The van der Waals surface area contributed by atoms with Gasteiger partial charge in [-0.2, -0.15) is 0 Å². The first-order chi connectivity index (χ1) is 9.86.